The van der Waals surface area contributed by atoms with Gasteiger partial charge in [-0.25, -0.2) is 0 Å². The van der Waals surface area contributed by atoms with Crippen molar-refractivity contribution in [2.24, 2.45) is 0 Å². The SMILES string of the molecule is O=C(Nc1ccc(I)cc1)c1ccc(Br)c([N+](=O)[O-])c1. The van der Waals surface area contributed by atoms with Crippen molar-refractivity contribution in [3.8, 4) is 0 Å². The molecule has 0 heterocycles. The summed E-state index contributed by atoms with van der Waals surface area (Å²) in [5.74, 6) is -0.387. The zero-order valence-corrected chi connectivity index (χ0v) is 13.7. The highest BCUT2D eigenvalue weighted by atomic mass is 127. The summed E-state index contributed by atoms with van der Waals surface area (Å²) in [6.07, 6.45) is 0. The van der Waals surface area contributed by atoms with Crippen molar-refractivity contribution in [1.82, 2.24) is 0 Å². The topological polar surface area (TPSA) is 72.2 Å². The molecule has 0 spiro atoms. The van der Waals surface area contributed by atoms with E-state index in [1.54, 1.807) is 12.1 Å². The van der Waals surface area contributed by atoms with Gasteiger partial charge in [0.2, 0.25) is 0 Å². The Morgan fingerprint density at radius 1 is 1.20 bits per heavy atom. The molecule has 0 aliphatic rings. The standard InChI is InChI=1S/C13H8BrIN2O3/c14-11-6-1-8(7-12(11)17(19)20)13(18)16-10-4-2-9(15)3-5-10/h1-7H,(H,16,18). The van der Waals surface area contributed by atoms with Gasteiger partial charge in [-0.2, -0.15) is 0 Å². The Morgan fingerprint density at radius 3 is 2.45 bits per heavy atom. The third-order valence-corrected chi connectivity index (χ3v) is 3.90. The number of hydrogen-bond acceptors (Lipinski definition) is 3. The predicted molar refractivity (Wildman–Crippen MR) is 87.9 cm³/mol. The Labute approximate surface area is 136 Å². The summed E-state index contributed by atoms with van der Waals surface area (Å²) in [5.41, 5.74) is 0.736. The zero-order chi connectivity index (χ0) is 14.7. The Balaban J connectivity index is 2.23. The number of nitro groups is 1. The lowest BCUT2D eigenvalue weighted by Crippen LogP contribution is -2.12. The normalized spacial score (nSPS) is 10.1. The molecule has 7 heteroatoms. The number of nitrogens with zero attached hydrogens (tertiary/aromatic N) is 1. The van der Waals surface area contributed by atoms with Crippen LogP contribution in [0.1, 0.15) is 10.4 Å². The van der Waals surface area contributed by atoms with Gasteiger partial charge in [-0.15, -0.1) is 0 Å². The molecule has 0 saturated heterocycles. The molecule has 1 N–H and O–H groups in total. The largest absolute Gasteiger partial charge is 0.322 e. The minimum absolute atomic E-state index is 0.139. The van der Waals surface area contributed by atoms with E-state index in [1.807, 2.05) is 12.1 Å². The molecule has 5 nitrogen and oxygen atoms in total. The summed E-state index contributed by atoms with van der Waals surface area (Å²) >= 11 is 5.24. The molecule has 0 atom stereocenters. The van der Waals surface area contributed by atoms with E-state index in [0.717, 1.165) is 3.57 Å². The maximum atomic E-state index is 12.0. The molecule has 20 heavy (non-hydrogen) atoms. The summed E-state index contributed by atoms with van der Waals surface area (Å²) in [4.78, 5) is 22.3. The first-order valence-electron chi connectivity index (χ1n) is 5.48. The molecule has 0 radical (unpaired) electrons. The highest BCUT2D eigenvalue weighted by molar-refractivity contribution is 14.1. The van der Waals surface area contributed by atoms with E-state index in [4.69, 9.17) is 0 Å². The number of nitro benzene ring substituents is 1. The molecule has 0 fully saturated rings. The Morgan fingerprint density at radius 2 is 1.85 bits per heavy atom. The maximum absolute atomic E-state index is 12.0. The van der Waals surface area contributed by atoms with Crippen LogP contribution >= 0.6 is 38.5 Å². The van der Waals surface area contributed by atoms with Crippen molar-refractivity contribution in [2.45, 2.75) is 0 Å². The van der Waals surface area contributed by atoms with Crippen molar-refractivity contribution in [1.29, 1.82) is 0 Å². The Kier molecular flexibility index (Phi) is 4.71. The number of rotatable bonds is 3. The molecular weight excluding hydrogens is 439 g/mol. The van der Waals surface area contributed by atoms with Gasteiger partial charge >= 0.3 is 0 Å². The average Bonchev–Trinajstić information content (AvgIpc) is 2.41. The summed E-state index contributed by atoms with van der Waals surface area (Å²) in [7, 11) is 0. The van der Waals surface area contributed by atoms with Crippen LogP contribution in [0, 0.1) is 13.7 Å². The van der Waals surface area contributed by atoms with Crippen LogP contribution in [0.3, 0.4) is 0 Å². The molecule has 2 aromatic rings. The molecule has 0 bridgehead atoms. The van der Waals surface area contributed by atoms with Gasteiger partial charge in [0.15, 0.2) is 0 Å². The van der Waals surface area contributed by atoms with E-state index in [1.165, 1.54) is 18.2 Å². The third-order valence-electron chi connectivity index (χ3n) is 2.51. The van der Waals surface area contributed by atoms with Crippen LogP contribution in [0.15, 0.2) is 46.9 Å². The molecule has 2 aromatic carbocycles. The molecule has 2 rings (SSSR count). The molecule has 0 aromatic heterocycles. The molecular formula is C13H8BrIN2O3. The first-order valence-corrected chi connectivity index (χ1v) is 7.35. The number of benzene rings is 2. The average molecular weight is 447 g/mol. The van der Waals surface area contributed by atoms with Crippen LogP contribution < -0.4 is 5.32 Å². The zero-order valence-electron chi connectivity index (χ0n) is 9.97. The van der Waals surface area contributed by atoms with Crippen molar-refractivity contribution in [3.63, 3.8) is 0 Å². The number of amides is 1. The van der Waals surface area contributed by atoms with Crippen molar-refractivity contribution >= 4 is 55.8 Å². The van der Waals surface area contributed by atoms with Gasteiger partial charge in [-0.3, -0.25) is 14.9 Å². The summed E-state index contributed by atoms with van der Waals surface area (Å²) in [6.45, 7) is 0. The molecule has 0 unspecified atom stereocenters. The third kappa shape index (κ3) is 3.54. The van der Waals surface area contributed by atoms with Crippen LogP contribution in [-0.2, 0) is 0 Å². The van der Waals surface area contributed by atoms with Gasteiger partial charge in [0.05, 0.1) is 9.40 Å². The van der Waals surface area contributed by atoms with Crippen LogP contribution in [0.25, 0.3) is 0 Å². The maximum Gasteiger partial charge on any atom is 0.284 e. The van der Waals surface area contributed by atoms with Crippen LogP contribution in [0.5, 0.6) is 0 Å². The second-order valence-electron chi connectivity index (χ2n) is 3.88. The van der Waals surface area contributed by atoms with Crippen LogP contribution in [-0.4, -0.2) is 10.8 Å². The first kappa shape index (κ1) is 14.9. The minimum Gasteiger partial charge on any atom is -0.322 e. The first-order chi connectivity index (χ1) is 9.47. The Bertz CT molecular complexity index is 674. The molecule has 0 aliphatic heterocycles. The van der Waals surface area contributed by atoms with Crippen LogP contribution in [0.4, 0.5) is 11.4 Å². The van der Waals surface area contributed by atoms with Gasteiger partial charge in [-0.1, -0.05) is 0 Å². The van der Waals surface area contributed by atoms with Gasteiger partial charge < -0.3 is 5.32 Å². The summed E-state index contributed by atoms with van der Waals surface area (Å²) < 4.78 is 1.40. The minimum atomic E-state index is -0.536. The second-order valence-corrected chi connectivity index (χ2v) is 5.98. The van der Waals surface area contributed by atoms with Gasteiger partial charge in [0.1, 0.15) is 0 Å². The van der Waals surface area contributed by atoms with E-state index >= 15 is 0 Å². The lowest BCUT2D eigenvalue weighted by molar-refractivity contribution is -0.385. The quantitative estimate of drug-likeness (QED) is 0.436. The van der Waals surface area contributed by atoms with E-state index in [-0.39, 0.29) is 17.2 Å². The van der Waals surface area contributed by atoms with Gasteiger partial charge in [0, 0.05) is 20.9 Å². The van der Waals surface area contributed by atoms with Crippen LogP contribution in [0.2, 0.25) is 0 Å². The fraction of sp³-hybridized carbons (Fsp3) is 0. The predicted octanol–water partition coefficient (Wildman–Crippen LogP) is 4.21. The van der Waals surface area contributed by atoms with E-state index in [0.29, 0.717) is 10.2 Å². The number of nitrogens with one attached hydrogen (secondary N) is 1. The van der Waals surface area contributed by atoms with Crippen molar-refractivity contribution in [3.05, 3.63) is 66.2 Å². The van der Waals surface area contributed by atoms with Gasteiger partial charge in [0.25, 0.3) is 11.6 Å². The van der Waals surface area contributed by atoms with E-state index in [9.17, 15) is 14.9 Å². The Hall–Kier alpha value is -1.48. The highest BCUT2D eigenvalue weighted by Gasteiger charge is 2.16. The number of carbonyl (C=O) groups is 1. The van der Waals surface area contributed by atoms with E-state index in [2.05, 4.69) is 43.8 Å². The lowest BCUT2D eigenvalue weighted by Gasteiger charge is -2.05. The highest BCUT2D eigenvalue weighted by Crippen LogP contribution is 2.26. The monoisotopic (exact) mass is 446 g/mol. The number of halogens is 2. The number of carbonyl (C=O) groups excluding carboxylic acids is 1. The second kappa shape index (κ2) is 6.31. The lowest BCUT2D eigenvalue weighted by atomic mass is 10.2. The van der Waals surface area contributed by atoms with Crippen molar-refractivity contribution < 1.29 is 9.72 Å². The number of hydrogen-bond donors (Lipinski definition) is 1. The summed E-state index contributed by atoms with van der Waals surface area (Å²) in [5, 5.41) is 13.5. The van der Waals surface area contributed by atoms with E-state index < -0.39 is 4.92 Å². The fourth-order valence-electron chi connectivity index (χ4n) is 1.53. The molecule has 102 valence electrons. The van der Waals surface area contributed by atoms with Gasteiger partial charge in [-0.05, 0) is 74.9 Å². The summed E-state index contributed by atoms with van der Waals surface area (Å²) in [6, 6.07) is 11.5. The fourth-order valence-corrected chi connectivity index (χ4v) is 2.28. The number of anilines is 1. The van der Waals surface area contributed by atoms with Crippen molar-refractivity contribution in [2.75, 3.05) is 5.32 Å². The smallest absolute Gasteiger partial charge is 0.284 e. The molecule has 0 aliphatic carbocycles. The molecule has 1 amide bonds. The molecule has 0 saturated carbocycles.